The topological polar surface area (TPSA) is 99.1 Å². The molecule has 0 unspecified atom stereocenters. The number of carboxylic acids is 1. The van der Waals surface area contributed by atoms with Gasteiger partial charge in [0.25, 0.3) is 0 Å². The molecular weight excluding hydrogens is 364 g/mol. The first kappa shape index (κ1) is 21.1. The summed E-state index contributed by atoms with van der Waals surface area (Å²) in [6, 6.07) is 13.0. The van der Waals surface area contributed by atoms with E-state index < -0.39 is 24.0 Å². The molecule has 0 radical (unpaired) electrons. The SMILES string of the molecule is COCCOc1c(OC)cc(Cc2ccccc2)cc1C(=O)CC(=O)C(=O)O. The smallest absolute Gasteiger partial charge is 0.372 e. The molecule has 0 saturated carbocycles. The molecule has 0 heterocycles. The minimum Gasteiger partial charge on any atom is -0.493 e. The fourth-order valence-corrected chi connectivity index (χ4v) is 2.64. The van der Waals surface area contributed by atoms with Crippen molar-refractivity contribution in [3.8, 4) is 11.5 Å². The Hall–Kier alpha value is -3.19. The molecule has 0 fully saturated rings. The maximum Gasteiger partial charge on any atom is 0.372 e. The molecule has 0 bridgehead atoms. The van der Waals surface area contributed by atoms with Crippen molar-refractivity contribution in [2.24, 2.45) is 0 Å². The number of carboxylic acid groups (broad SMARTS) is 1. The van der Waals surface area contributed by atoms with E-state index >= 15 is 0 Å². The van der Waals surface area contributed by atoms with E-state index in [0.717, 1.165) is 11.1 Å². The molecule has 0 saturated heterocycles. The number of carbonyl (C=O) groups is 3. The summed E-state index contributed by atoms with van der Waals surface area (Å²) in [5, 5.41) is 8.80. The van der Waals surface area contributed by atoms with Crippen LogP contribution < -0.4 is 9.47 Å². The van der Waals surface area contributed by atoms with Crippen molar-refractivity contribution in [3.63, 3.8) is 0 Å². The third kappa shape index (κ3) is 5.65. The van der Waals surface area contributed by atoms with Crippen molar-refractivity contribution in [2.45, 2.75) is 12.8 Å². The van der Waals surface area contributed by atoms with Gasteiger partial charge in [0.15, 0.2) is 17.3 Å². The van der Waals surface area contributed by atoms with Crippen molar-refractivity contribution < 1.29 is 33.7 Å². The lowest BCUT2D eigenvalue weighted by Gasteiger charge is -2.16. The average Bonchev–Trinajstić information content (AvgIpc) is 2.69. The van der Waals surface area contributed by atoms with Crippen LogP contribution in [0.4, 0.5) is 0 Å². The van der Waals surface area contributed by atoms with E-state index in [9.17, 15) is 14.4 Å². The molecule has 2 aromatic carbocycles. The zero-order valence-corrected chi connectivity index (χ0v) is 15.8. The molecule has 1 N–H and O–H groups in total. The lowest BCUT2D eigenvalue weighted by atomic mass is 9.97. The van der Waals surface area contributed by atoms with Crippen LogP contribution in [-0.2, 0) is 20.7 Å². The Labute approximate surface area is 162 Å². The number of rotatable bonds is 11. The summed E-state index contributed by atoms with van der Waals surface area (Å²) in [5.74, 6) is -2.98. The predicted molar refractivity (Wildman–Crippen MR) is 101 cm³/mol. The molecule has 0 spiro atoms. The minimum atomic E-state index is -1.65. The molecule has 0 aliphatic rings. The van der Waals surface area contributed by atoms with Gasteiger partial charge in [-0.25, -0.2) is 4.79 Å². The summed E-state index contributed by atoms with van der Waals surface area (Å²) < 4.78 is 16.0. The standard InChI is InChI=1S/C21H22O7/c1-26-8-9-28-20-16(17(22)13-18(23)21(24)25)11-15(12-19(20)27-2)10-14-6-4-3-5-7-14/h3-7,11-12H,8-10,13H2,1-2H3,(H,24,25). The number of ether oxygens (including phenoxy) is 3. The molecule has 148 valence electrons. The third-order valence-electron chi connectivity index (χ3n) is 3.98. The van der Waals surface area contributed by atoms with Gasteiger partial charge in [-0.05, 0) is 29.7 Å². The number of ketones is 2. The minimum absolute atomic E-state index is 0.107. The van der Waals surface area contributed by atoms with E-state index in [2.05, 4.69) is 0 Å². The molecule has 28 heavy (non-hydrogen) atoms. The summed E-state index contributed by atoms with van der Waals surface area (Å²) >= 11 is 0. The van der Waals surface area contributed by atoms with Crippen molar-refractivity contribution in [1.29, 1.82) is 0 Å². The number of carbonyl (C=O) groups excluding carboxylic acids is 2. The molecule has 0 aliphatic heterocycles. The van der Waals surface area contributed by atoms with Gasteiger partial charge in [0.05, 0.1) is 25.7 Å². The van der Waals surface area contributed by atoms with E-state index in [0.29, 0.717) is 12.2 Å². The van der Waals surface area contributed by atoms with Gasteiger partial charge in [-0.1, -0.05) is 30.3 Å². The highest BCUT2D eigenvalue weighted by atomic mass is 16.5. The lowest BCUT2D eigenvalue weighted by molar-refractivity contribution is -0.148. The molecule has 0 aliphatic carbocycles. The molecule has 0 atom stereocenters. The van der Waals surface area contributed by atoms with Crippen molar-refractivity contribution in [2.75, 3.05) is 27.4 Å². The quantitative estimate of drug-likeness (QED) is 0.274. The van der Waals surface area contributed by atoms with Gasteiger partial charge >= 0.3 is 5.97 Å². The van der Waals surface area contributed by atoms with Crippen LogP contribution in [0, 0.1) is 0 Å². The largest absolute Gasteiger partial charge is 0.493 e. The number of methoxy groups -OCH3 is 2. The van der Waals surface area contributed by atoms with Gasteiger partial charge in [-0.3, -0.25) is 9.59 Å². The lowest BCUT2D eigenvalue weighted by Crippen LogP contribution is -2.18. The highest BCUT2D eigenvalue weighted by Gasteiger charge is 2.24. The van der Waals surface area contributed by atoms with Crippen molar-refractivity contribution in [3.05, 3.63) is 59.2 Å². The average molecular weight is 386 g/mol. The zero-order valence-electron chi connectivity index (χ0n) is 15.8. The summed E-state index contributed by atoms with van der Waals surface area (Å²) in [4.78, 5) is 35.0. The van der Waals surface area contributed by atoms with Gasteiger partial charge < -0.3 is 19.3 Å². The van der Waals surface area contributed by atoms with E-state index in [1.807, 2.05) is 30.3 Å². The molecule has 0 amide bonds. The van der Waals surface area contributed by atoms with Crippen LogP contribution in [0.1, 0.15) is 27.9 Å². The molecule has 2 aromatic rings. The molecule has 7 nitrogen and oxygen atoms in total. The normalized spacial score (nSPS) is 10.4. The zero-order chi connectivity index (χ0) is 20.5. The first-order valence-electron chi connectivity index (χ1n) is 8.62. The van der Waals surface area contributed by atoms with E-state index in [4.69, 9.17) is 19.3 Å². The van der Waals surface area contributed by atoms with Gasteiger partial charge in [0.1, 0.15) is 6.61 Å². The van der Waals surface area contributed by atoms with E-state index in [-0.39, 0.29) is 24.5 Å². The molecule has 7 heteroatoms. The van der Waals surface area contributed by atoms with Crippen LogP contribution in [0.15, 0.2) is 42.5 Å². The van der Waals surface area contributed by atoms with Gasteiger partial charge in [0.2, 0.25) is 5.78 Å². The van der Waals surface area contributed by atoms with E-state index in [1.54, 1.807) is 12.1 Å². The summed E-state index contributed by atoms with van der Waals surface area (Å²) in [6.45, 7) is 0.453. The highest BCUT2D eigenvalue weighted by molar-refractivity contribution is 6.37. The van der Waals surface area contributed by atoms with Crippen molar-refractivity contribution >= 4 is 17.5 Å². The Balaban J connectivity index is 2.42. The molecular formula is C21H22O7. The highest BCUT2D eigenvalue weighted by Crippen LogP contribution is 2.34. The van der Waals surface area contributed by atoms with Crippen LogP contribution in [0.5, 0.6) is 11.5 Å². The number of hydrogen-bond donors (Lipinski definition) is 1. The Kier molecular flexibility index (Phi) is 7.71. The second kappa shape index (κ2) is 10.2. The second-order valence-electron chi connectivity index (χ2n) is 6.01. The van der Waals surface area contributed by atoms with Gasteiger partial charge in [-0.2, -0.15) is 0 Å². The third-order valence-corrected chi connectivity index (χ3v) is 3.98. The number of Topliss-reactive ketones (excluding diaryl/α,β-unsaturated/α-hetero) is 2. The maximum absolute atomic E-state index is 12.6. The molecule has 2 rings (SSSR count). The number of aliphatic carboxylic acids is 1. The summed E-state index contributed by atoms with van der Waals surface area (Å²) in [7, 11) is 2.96. The number of benzene rings is 2. The van der Waals surface area contributed by atoms with Crippen LogP contribution in [0.2, 0.25) is 0 Å². The second-order valence-corrected chi connectivity index (χ2v) is 6.01. The maximum atomic E-state index is 12.6. The van der Waals surface area contributed by atoms with Crippen LogP contribution in [0.25, 0.3) is 0 Å². The Morgan fingerprint density at radius 3 is 2.29 bits per heavy atom. The first-order valence-corrected chi connectivity index (χ1v) is 8.62. The summed E-state index contributed by atoms with van der Waals surface area (Å²) in [5.41, 5.74) is 1.90. The Bertz CT molecular complexity index is 843. The van der Waals surface area contributed by atoms with Crippen LogP contribution in [-0.4, -0.2) is 50.1 Å². The fourth-order valence-electron chi connectivity index (χ4n) is 2.64. The van der Waals surface area contributed by atoms with Gasteiger partial charge in [0, 0.05) is 7.11 Å². The predicted octanol–water partition coefficient (Wildman–Crippen LogP) is 2.54. The summed E-state index contributed by atoms with van der Waals surface area (Å²) in [6.07, 6.45) is -0.226. The monoisotopic (exact) mass is 386 g/mol. The fraction of sp³-hybridized carbons (Fsp3) is 0.286. The van der Waals surface area contributed by atoms with E-state index in [1.165, 1.54) is 14.2 Å². The first-order chi connectivity index (χ1) is 13.5. The Morgan fingerprint density at radius 2 is 1.68 bits per heavy atom. The molecule has 0 aromatic heterocycles. The Morgan fingerprint density at radius 1 is 0.964 bits per heavy atom. The van der Waals surface area contributed by atoms with Crippen LogP contribution in [0.3, 0.4) is 0 Å². The number of hydrogen-bond acceptors (Lipinski definition) is 6. The van der Waals surface area contributed by atoms with Crippen molar-refractivity contribution in [1.82, 2.24) is 0 Å². The van der Waals surface area contributed by atoms with Crippen LogP contribution >= 0.6 is 0 Å². The van der Waals surface area contributed by atoms with Gasteiger partial charge in [-0.15, -0.1) is 0 Å².